The van der Waals surface area contributed by atoms with E-state index in [9.17, 15) is 9.59 Å². The average Bonchev–Trinajstić information content (AvgIpc) is 2.69. The lowest BCUT2D eigenvalue weighted by Crippen LogP contribution is -2.42. The van der Waals surface area contributed by atoms with Crippen LogP contribution in [0, 0.1) is 0 Å². The smallest absolute Gasteiger partial charge is 0.227 e. The highest BCUT2D eigenvalue weighted by atomic mass is 79.9. The highest BCUT2D eigenvalue weighted by Crippen LogP contribution is 2.33. The van der Waals surface area contributed by atoms with Gasteiger partial charge in [-0.05, 0) is 37.3 Å². The third kappa shape index (κ3) is 4.84. The van der Waals surface area contributed by atoms with E-state index in [-0.39, 0.29) is 30.8 Å². The molecule has 1 heterocycles. The summed E-state index contributed by atoms with van der Waals surface area (Å²) in [4.78, 5) is 26.6. The van der Waals surface area contributed by atoms with Gasteiger partial charge in [-0.1, -0.05) is 28.1 Å². The van der Waals surface area contributed by atoms with Crippen LogP contribution in [0.4, 0.5) is 5.69 Å². The minimum absolute atomic E-state index is 0.0854. The Bertz CT molecular complexity index is 871. The van der Waals surface area contributed by atoms with Gasteiger partial charge >= 0.3 is 0 Å². The summed E-state index contributed by atoms with van der Waals surface area (Å²) in [6, 6.07) is 13.1. The third-order valence-corrected chi connectivity index (χ3v) is 5.00. The van der Waals surface area contributed by atoms with Crippen LogP contribution in [0.2, 0.25) is 0 Å². The van der Waals surface area contributed by atoms with Crippen LogP contribution in [0.3, 0.4) is 0 Å². The minimum atomic E-state index is -0.176. The Hall–Kier alpha value is -2.54. The molecule has 28 heavy (non-hydrogen) atoms. The van der Waals surface area contributed by atoms with Crippen LogP contribution in [-0.4, -0.2) is 31.6 Å². The number of fused-ring (bicyclic) bond motifs is 1. The fourth-order valence-corrected chi connectivity index (χ4v) is 3.56. The standard InChI is InChI=1S/C21H23BrN2O4/c1-14-13-24(17-5-3-4-6-19(17)28-14)21(26)10-9-20(25)23-12-15-11-16(22)7-8-18(15)27-2/h3-8,11,14H,9-10,12-13H2,1-2H3,(H,23,25)/t14-/m0/s1. The minimum Gasteiger partial charge on any atom is -0.496 e. The number of amides is 2. The van der Waals surface area contributed by atoms with Gasteiger partial charge in [-0.25, -0.2) is 0 Å². The van der Waals surface area contributed by atoms with Crippen LogP contribution in [0.25, 0.3) is 0 Å². The molecule has 148 valence electrons. The molecule has 0 saturated heterocycles. The number of benzene rings is 2. The number of halogens is 1. The van der Waals surface area contributed by atoms with E-state index in [1.807, 2.05) is 49.4 Å². The van der Waals surface area contributed by atoms with Crippen molar-refractivity contribution >= 4 is 33.4 Å². The zero-order valence-electron chi connectivity index (χ0n) is 15.9. The Morgan fingerprint density at radius 2 is 2.04 bits per heavy atom. The van der Waals surface area contributed by atoms with Crippen molar-refractivity contribution in [3.05, 3.63) is 52.5 Å². The first-order valence-electron chi connectivity index (χ1n) is 9.13. The number of carbonyl (C=O) groups excluding carboxylic acids is 2. The van der Waals surface area contributed by atoms with Gasteiger partial charge in [0.05, 0.1) is 19.3 Å². The van der Waals surface area contributed by atoms with Gasteiger partial charge in [-0.3, -0.25) is 9.59 Å². The molecule has 0 aromatic heterocycles. The molecular weight excluding hydrogens is 424 g/mol. The predicted molar refractivity (Wildman–Crippen MR) is 111 cm³/mol. The van der Waals surface area contributed by atoms with Gasteiger partial charge in [0.25, 0.3) is 0 Å². The molecule has 1 atom stereocenters. The number of rotatable bonds is 6. The highest BCUT2D eigenvalue weighted by molar-refractivity contribution is 9.10. The largest absolute Gasteiger partial charge is 0.496 e. The van der Waals surface area contributed by atoms with Crippen molar-refractivity contribution in [2.45, 2.75) is 32.4 Å². The summed E-state index contributed by atoms with van der Waals surface area (Å²) in [6.07, 6.45) is 0.183. The zero-order chi connectivity index (χ0) is 20.1. The molecule has 2 aromatic carbocycles. The van der Waals surface area contributed by atoms with E-state index in [0.717, 1.165) is 15.7 Å². The summed E-state index contributed by atoms with van der Waals surface area (Å²) >= 11 is 3.42. The second-order valence-corrected chi connectivity index (χ2v) is 7.55. The van der Waals surface area contributed by atoms with Crippen LogP contribution >= 0.6 is 15.9 Å². The molecule has 7 heteroatoms. The van der Waals surface area contributed by atoms with Gasteiger partial charge in [0.1, 0.15) is 17.6 Å². The van der Waals surface area contributed by atoms with Crippen molar-refractivity contribution in [1.82, 2.24) is 5.32 Å². The number of hydrogen-bond donors (Lipinski definition) is 1. The number of carbonyl (C=O) groups is 2. The molecule has 0 spiro atoms. The van der Waals surface area contributed by atoms with Gasteiger partial charge in [0.15, 0.2) is 0 Å². The van der Waals surface area contributed by atoms with E-state index in [0.29, 0.717) is 24.6 Å². The number of ether oxygens (including phenoxy) is 2. The number of para-hydroxylation sites is 2. The molecule has 0 fully saturated rings. The lowest BCUT2D eigenvalue weighted by atomic mass is 10.1. The van der Waals surface area contributed by atoms with Crippen molar-refractivity contribution < 1.29 is 19.1 Å². The maximum atomic E-state index is 12.7. The molecule has 0 saturated carbocycles. The van der Waals surface area contributed by atoms with Crippen LogP contribution in [-0.2, 0) is 16.1 Å². The molecule has 0 unspecified atom stereocenters. The first-order chi connectivity index (χ1) is 13.5. The predicted octanol–water partition coefficient (Wildman–Crippen LogP) is 3.67. The Balaban J connectivity index is 1.55. The van der Waals surface area contributed by atoms with E-state index >= 15 is 0 Å². The van der Waals surface area contributed by atoms with Crippen LogP contribution in [0.15, 0.2) is 46.9 Å². The first kappa shape index (κ1) is 20.2. The van der Waals surface area contributed by atoms with E-state index < -0.39 is 0 Å². The lowest BCUT2D eigenvalue weighted by Gasteiger charge is -2.33. The van der Waals surface area contributed by atoms with Crippen molar-refractivity contribution in [2.75, 3.05) is 18.6 Å². The van der Waals surface area contributed by atoms with Gasteiger partial charge < -0.3 is 19.7 Å². The topological polar surface area (TPSA) is 67.9 Å². The molecule has 1 aliphatic rings. The number of nitrogens with one attached hydrogen (secondary N) is 1. The summed E-state index contributed by atoms with van der Waals surface area (Å²) in [5.41, 5.74) is 1.62. The van der Waals surface area contributed by atoms with Crippen LogP contribution < -0.4 is 19.7 Å². The number of nitrogens with zero attached hydrogens (tertiary/aromatic N) is 1. The van der Waals surface area contributed by atoms with Crippen LogP contribution in [0.5, 0.6) is 11.5 Å². The molecule has 0 radical (unpaired) electrons. The Morgan fingerprint density at radius 3 is 2.82 bits per heavy atom. The molecule has 1 N–H and O–H groups in total. The maximum Gasteiger partial charge on any atom is 0.227 e. The molecule has 0 bridgehead atoms. The molecule has 6 nitrogen and oxygen atoms in total. The van der Waals surface area contributed by atoms with Crippen molar-refractivity contribution in [3.63, 3.8) is 0 Å². The number of hydrogen-bond acceptors (Lipinski definition) is 4. The van der Waals surface area contributed by atoms with E-state index in [1.165, 1.54) is 0 Å². The average molecular weight is 447 g/mol. The van der Waals surface area contributed by atoms with E-state index in [4.69, 9.17) is 9.47 Å². The van der Waals surface area contributed by atoms with Gasteiger partial charge in [-0.2, -0.15) is 0 Å². The SMILES string of the molecule is COc1ccc(Br)cc1CNC(=O)CCC(=O)N1C[C@H](C)Oc2ccccc21. The third-order valence-electron chi connectivity index (χ3n) is 4.51. The summed E-state index contributed by atoms with van der Waals surface area (Å²) < 4.78 is 12.0. The van der Waals surface area contributed by atoms with Crippen molar-refractivity contribution in [3.8, 4) is 11.5 Å². The van der Waals surface area contributed by atoms with Gasteiger partial charge in [0.2, 0.25) is 11.8 Å². The molecular formula is C21H23BrN2O4. The Kier molecular flexibility index (Phi) is 6.57. The highest BCUT2D eigenvalue weighted by Gasteiger charge is 2.27. The van der Waals surface area contributed by atoms with Crippen molar-refractivity contribution in [2.24, 2.45) is 0 Å². The second kappa shape index (κ2) is 9.10. The quantitative estimate of drug-likeness (QED) is 0.734. The number of methoxy groups -OCH3 is 1. The first-order valence-corrected chi connectivity index (χ1v) is 9.92. The maximum absolute atomic E-state index is 12.7. The fourth-order valence-electron chi connectivity index (χ4n) is 3.15. The monoisotopic (exact) mass is 446 g/mol. The summed E-state index contributed by atoms with van der Waals surface area (Å²) in [6.45, 7) is 2.74. The molecule has 2 amide bonds. The van der Waals surface area contributed by atoms with Gasteiger partial charge in [-0.15, -0.1) is 0 Å². The summed E-state index contributed by atoms with van der Waals surface area (Å²) in [7, 11) is 1.59. The number of anilines is 1. The van der Waals surface area contributed by atoms with E-state index in [1.54, 1.807) is 12.0 Å². The molecule has 1 aliphatic heterocycles. The second-order valence-electron chi connectivity index (χ2n) is 6.63. The fraction of sp³-hybridized carbons (Fsp3) is 0.333. The van der Waals surface area contributed by atoms with E-state index in [2.05, 4.69) is 21.2 Å². The normalized spacial score (nSPS) is 15.4. The molecule has 2 aromatic rings. The Morgan fingerprint density at radius 1 is 1.25 bits per heavy atom. The summed E-state index contributed by atoms with van der Waals surface area (Å²) in [5.74, 6) is 1.14. The zero-order valence-corrected chi connectivity index (χ0v) is 17.5. The molecule has 0 aliphatic carbocycles. The lowest BCUT2D eigenvalue weighted by molar-refractivity contribution is -0.125. The molecule has 3 rings (SSSR count). The van der Waals surface area contributed by atoms with Crippen LogP contribution in [0.1, 0.15) is 25.3 Å². The summed E-state index contributed by atoms with van der Waals surface area (Å²) in [5, 5.41) is 2.85. The Labute approximate surface area is 172 Å². The van der Waals surface area contributed by atoms with Crippen molar-refractivity contribution in [1.29, 1.82) is 0 Å². The van der Waals surface area contributed by atoms with Gasteiger partial charge in [0, 0.05) is 29.4 Å².